The Hall–Kier alpha value is -2.47. The highest BCUT2D eigenvalue weighted by Gasteiger charge is 2.13. The van der Waals surface area contributed by atoms with E-state index in [0.717, 1.165) is 61.0 Å². The third kappa shape index (κ3) is 2.53. The van der Waals surface area contributed by atoms with Crippen LogP contribution in [0.15, 0.2) is 36.7 Å². The van der Waals surface area contributed by atoms with Crippen molar-refractivity contribution in [3.8, 4) is 11.5 Å². The van der Waals surface area contributed by atoms with Crippen molar-refractivity contribution in [3.05, 3.63) is 36.7 Å². The molecule has 6 heteroatoms. The van der Waals surface area contributed by atoms with Crippen LogP contribution in [0.5, 0.6) is 0 Å². The minimum absolute atomic E-state index is 0.790. The first kappa shape index (κ1) is 13.2. The first-order valence-electron chi connectivity index (χ1n) is 7.63. The minimum Gasteiger partial charge on any atom is -0.355 e. The van der Waals surface area contributed by atoms with Gasteiger partial charge in [0.2, 0.25) is 0 Å². The Bertz CT molecular complexity index is 740. The molecule has 6 nitrogen and oxygen atoms in total. The van der Waals surface area contributed by atoms with E-state index in [-0.39, 0.29) is 0 Å². The Morgan fingerprint density at radius 1 is 1.05 bits per heavy atom. The number of aromatic amines is 1. The Morgan fingerprint density at radius 3 is 3.00 bits per heavy atom. The highest BCUT2D eigenvalue weighted by molar-refractivity contribution is 5.77. The summed E-state index contributed by atoms with van der Waals surface area (Å²) in [5.41, 5.74) is 2.71. The molecule has 0 amide bonds. The number of nitrogens with one attached hydrogen (secondary N) is 2. The fourth-order valence-corrected chi connectivity index (χ4v) is 2.78. The van der Waals surface area contributed by atoms with Gasteiger partial charge in [-0.3, -0.25) is 4.98 Å². The molecule has 4 rings (SSSR count). The fourth-order valence-electron chi connectivity index (χ4n) is 2.78. The summed E-state index contributed by atoms with van der Waals surface area (Å²) < 4.78 is 0. The topological polar surface area (TPSA) is 69.7 Å². The number of pyridine rings is 2. The number of hydrogen-bond acceptors (Lipinski definition) is 5. The van der Waals surface area contributed by atoms with Crippen molar-refractivity contribution >= 4 is 16.9 Å². The summed E-state index contributed by atoms with van der Waals surface area (Å²) in [6.07, 6.45) is 4.68. The van der Waals surface area contributed by atoms with Gasteiger partial charge in [0.25, 0.3) is 0 Å². The van der Waals surface area contributed by atoms with Crippen molar-refractivity contribution in [2.45, 2.75) is 6.42 Å². The molecule has 0 aromatic carbocycles. The normalized spacial score (nSPS) is 15.9. The number of nitrogens with zero attached hydrogens (tertiary/aromatic N) is 4. The molecule has 4 heterocycles. The maximum atomic E-state index is 4.79. The zero-order valence-electron chi connectivity index (χ0n) is 12.3. The summed E-state index contributed by atoms with van der Waals surface area (Å²) in [4.78, 5) is 19.1. The van der Waals surface area contributed by atoms with Gasteiger partial charge in [0, 0.05) is 25.8 Å². The van der Waals surface area contributed by atoms with Crippen LogP contribution in [0.4, 0.5) is 5.82 Å². The van der Waals surface area contributed by atoms with E-state index in [9.17, 15) is 0 Å². The SMILES string of the molecule is c1cc(-c2nc3ccncc3[nH]2)nc(N2CCCNCC2)c1. The fraction of sp³-hybridized carbons (Fsp3) is 0.312. The zero-order valence-corrected chi connectivity index (χ0v) is 12.3. The largest absolute Gasteiger partial charge is 0.355 e. The molecule has 0 bridgehead atoms. The summed E-state index contributed by atoms with van der Waals surface area (Å²) in [6, 6.07) is 8.00. The maximum absolute atomic E-state index is 4.79. The molecule has 1 aliphatic heterocycles. The molecule has 3 aromatic rings. The molecule has 2 N–H and O–H groups in total. The van der Waals surface area contributed by atoms with Gasteiger partial charge in [0.1, 0.15) is 11.5 Å². The van der Waals surface area contributed by atoms with Crippen molar-refractivity contribution in [2.24, 2.45) is 0 Å². The number of aromatic nitrogens is 4. The van der Waals surface area contributed by atoms with Gasteiger partial charge in [-0.25, -0.2) is 9.97 Å². The van der Waals surface area contributed by atoms with Gasteiger partial charge in [-0.1, -0.05) is 6.07 Å². The van der Waals surface area contributed by atoms with Gasteiger partial charge in [0.15, 0.2) is 5.82 Å². The molecule has 1 saturated heterocycles. The molecule has 112 valence electrons. The lowest BCUT2D eigenvalue weighted by atomic mass is 10.3. The molecule has 3 aromatic heterocycles. The monoisotopic (exact) mass is 294 g/mol. The van der Waals surface area contributed by atoms with Crippen LogP contribution in [0.25, 0.3) is 22.6 Å². The van der Waals surface area contributed by atoms with E-state index >= 15 is 0 Å². The van der Waals surface area contributed by atoms with Crippen LogP contribution in [0.2, 0.25) is 0 Å². The van der Waals surface area contributed by atoms with Crippen LogP contribution >= 0.6 is 0 Å². The average molecular weight is 294 g/mol. The molecule has 0 spiro atoms. The van der Waals surface area contributed by atoms with Gasteiger partial charge in [-0.05, 0) is 31.2 Å². The number of fused-ring (bicyclic) bond motifs is 1. The second-order valence-corrected chi connectivity index (χ2v) is 5.45. The second kappa shape index (κ2) is 5.73. The van der Waals surface area contributed by atoms with Crippen LogP contribution in [0.3, 0.4) is 0 Å². The summed E-state index contributed by atoms with van der Waals surface area (Å²) in [5, 5.41) is 3.42. The lowest BCUT2D eigenvalue weighted by Crippen LogP contribution is -2.28. The number of anilines is 1. The van der Waals surface area contributed by atoms with E-state index in [4.69, 9.17) is 4.98 Å². The smallest absolute Gasteiger partial charge is 0.157 e. The Labute approximate surface area is 128 Å². The van der Waals surface area contributed by atoms with Crippen molar-refractivity contribution < 1.29 is 0 Å². The predicted octanol–water partition coefficient (Wildman–Crippen LogP) is 1.82. The highest BCUT2D eigenvalue weighted by atomic mass is 15.2. The number of H-pyrrole nitrogens is 1. The van der Waals surface area contributed by atoms with Crippen molar-refractivity contribution in [1.82, 2.24) is 25.3 Å². The van der Waals surface area contributed by atoms with Crippen LogP contribution in [-0.2, 0) is 0 Å². The summed E-state index contributed by atoms with van der Waals surface area (Å²) in [5.74, 6) is 1.80. The van der Waals surface area contributed by atoms with E-state index in [0.29, 0.717) is 0 Å². The molecule has 1 fully saturated rings. The van der Waals surface area contributed by atoms with Gasteiger partial charge in [-0.15, -0.1) is 0 Å². The van der Waals surface area contributed by atoms with Crippen LogP contribution in [-0.4, -0.2) is 46.1 Å². The zero-order chi connectivity index (χ0) is 14.8. The first-order chi connectivity index (χ1) is 10.9. The lowest BCUT2D eigenvalue weighted by Gasteiger charge is -2.21. The van der Waals surface area contributed by atoms with E-state index in [1.54, 1.807) is 12.4 Å². The van der Waals surface area contributed by atoms with Crippen molar-refractivity contribution in [2.75, 3.05) is 31.1 Å². The van der Waals surface area contributed by atoms with Gasteiger partial charge in [0.05, 0.1) is 17.2 Å². The van der Waals surface area contributed by atoms with Crippen molar-refractivity contribution in [3.63, 3.8) is 0 Å². The summed E-state index contributed by atoms with van der Waals surface area (Å²) >= 11 is 0. The molecule has 0 unspecified atom stereocenters. The molecule has 22 heavy (non-hydrogen) atoms. The first-order valence-corrected chi connectivity index (χ1v) is 7.63. The molecular weight excluding hydrogens is 276 g/mol. The van der Waals surface area contributed by atoms with Crippen molar-refractivity contribution in [1.29, 1.82) is 0 Å². The van der Waals surface area contributed by atoms with E-state index in [1.807, 2.05) is 18.2 Å². The average Bonchev–Trinajstić information content (AvgIpc) is 2.81. The molecule has 0 atom stereocenters. The predicted molar refractivity (Wildman–Crippen MR) is 86.8 cm³/mol. The summed E-state index contributed by atoms with van der Waals surface area (Å²) in [7, 11) is 0. The standard InChI is InChI=1S/C16H18N6/c1-3-13(16-20-12-5-7-18-11-14(12)21-16)19-15(4-1)22-9-2-6-17-8-10-22/h1,3-5,7,11,17H,2,6,8-10H2,(H,20,21). The van der Waals surface area contributed by atoms with E-state index in [2.05, 4.69) is 31.2 Å². The number of hydrogen-bond donors (Lipinski definition) is 2. The van der Waals surface area contributed by atoms with Crippen LogP contribution < -0.4 is 10.2 Å². The quantitative estimate of drug-likeness (QED) is 0.754. The van der Waals surface area contributed by atoms with Gasteiger partial charge >= 0.3 is 0 Å². The van der Waals surface area contributed by atoms with Crippen LogP contribution in [0.1, 0.15) is 6.42 Å². The minimum atomic E-state index is 0.790. The Kier molecular flexibility index (Phi) is 3.44. The number of imidazole rings is 1. The highest BCUT2D eigenvalue weighted by Crippen LogP contribution is 2.21. The molecular formula is C16H18N6. The molecule has 0 saturated carbocycles. The molecule has 0 aliphatic carbocycles. The lowest BCUT2D eigenvalue weighted by molar-refractivity contribution is 0.724. The van der Waals surface area contributed by atoms with E-state index < -0.39 is 0 Å². The third-order valence-electron chi connectivity index (χ3n) is 3.92. The number of rotatable bonds is 2. The molecule has 1 aliphatic rings. The molecule has 0 radical (unpaired) electrons. The third-order valence-corrected chi connectivity index (χ3v) is 3.92. The Balaban J connectivity index is 1.68. The maximum Gasteiger partial charge on any atom is 0.157 e. The van der Waals surface area contributed by atoms with E-state index in [1.165, 1.54) is 0 Å². The Morgan fingerprint density at radius 2 is 2.05 bits per heavy atom. The van der Waals surface area contributed by atoms with Crippen LogP contribution in [0, 0.1) is 0 Å². The van der Waals surface area contributed by atoms with Gasteiger partial charge in [-0.2, -0.15) is 0 Å². The summed E-state index contributed by atoms with van der Waals surface area (Å²) in [6.45, 7) is 4.10. The second-order valence-electron chi connectivity index (χ2n) is 5.45. The van der Waals surface area contributed by atoms with Gasteiger partial charge < -0.3 is 15.2 Å².